The summed E-state index contributed by atoms with van der Waals surface area (Å²) in [5.41, 5.74) is 11.0. The zero-order valence-corrected chi connectivity index (χ0v) is 38.7. The van der Waals surface area contributed by atoms with Gasteiger partial charge in [0.15, 0.2) is 0 Å². The number of thiophene rings is 1. The number of aryl methyl sites for hydroxylation is 2. The van der Waals surface area contributed by atoms with Crippen LogP contribution in [0, 0.1) is 25.8 Å². The smallest absolute Gasteiger partial charge is 0.0795 e. The molecule has 59 heavy (non-hydrogen) atoms. The summed E-state index contributed by atoms with van der Waals surface area (Å²) in [6.07, 6.45) is 1.92. The first-order chi connectivity index (χ1) is 30.3. The molecule has 0 spiro atoms. The number of benzene rings is 6. The average molecular weight is 988 g/mol. The van der Waals surface area contributed by atoms with Gasteiger partial charge in [-0.1, -0.05) is 145 Å². The summed E-state index contributed by atoms with van der Waals surface area (Å²) < 4.78 is 51.3. The van der Waals surface area contributed by atoms with Crippen LogP contribution < -0.4 is 5.19 Å². The van der Waals surface area contributed by atoms with Gasteiger partial charge in [-0.3, -0.25) is 4.98 Å². The van der Waals surface area contributed by atoms with Gasteiger partial charge in [0.25, 0.3) is 0 Å². The van der Waals surface area contributed by atoms with E-state index in [1.807, 2.05) is 36.5 Å². The fourth-order valence-corrected chi connectivity index (χ4v) is 9.81. The Morgan fingerprint density at radius 3 is 2.08 bits per heavy atom. The Hall–Kier alpha value is -4.97. The van der Waals surface area contributed by atoms with Gasteiger partial charge in [-0.05, 0) is 85.4 Å². The van der Waals surface area contributed by atoms with Gasteiger partial charge in [0.1, 0.15) is 0 Å². The molecule has 6 aromatic carbocycles. The summed E-state index contributed by atoms with van der Waals surface area (Å²) in [4.78, 5) is 9.72. The molecule has 0 N–H and O–H groups in total. The molecule has 0 unspecified atom stereocenters. The topological polar surface area (TPSA) is 30.7 Å². The van der Waals surface area contributed by atoms with Crippen LogP contribution in [-0.4, -0.2) is 22.6 Å². The van der Waals surface area contributed by atoms with Crippen LogP contribution in [0.25, 0.3) is 70.7 Å². The fourth-order valence-electron chi connectivity index (χ4n) is 7.55. The van der Waals surface area contributed by atoms with Gasteiger partial charge in [-0.25, -0.2) is 0 Å². The van der Waals surface area contributed by atoms with Crippen molar-refractivity contribution in [3.05, 3.63) is 168 Å². The average Bonchev–Trinajstić information content (AvgIpc) is 3.84. The molecular formula is C53H51IrN3SSi-2. The van der Waals surface area contributed by atoms with E-state index < -0.39 is 21.8 Å². The molecule has 3 aromatic heterocycles. The van der Waals surface area contributed by atoms with E-state index in [4.69, 9.17) is 13.2 Å². The van der Waals surface area contributed by atoms with Crippen molar-refractivity contribution in [2.45, 2.75) is 72.9 Å². The van der Waals surface area contributed by atoms with E-state index in [0.717, 1.165) is 59.5 Å². The number of aromatic nitrogens is 3. The summed E-state index contributed by atoms with van der Waals surface area (Å²) in [6, 6.07) is 48.6. The molecule has 299 valence electrons. The van der Waals surface area contributed by atoms with Crippen LogP contribution >= 0.6 is 11.3 Å². The van der Waals surface area contributed by atoms with Crippen molar-refractivity contribution in [2.24, 2.45) is 0 Å². The van der Waals surface area contributed by atoms with E-state index in [9.17, 15) is 0 Å². The summed E-state index contributed by atoms with van der Waals surface area (Å²) in [7, 11) is -1.34. The second-order valence-corrected chi connectivity index (χ2v) is 22.6. The summed E-state index contributed by atoms with van der Waals surface area (Å²) in [5.74, 6) is 1.26. The normalized spacial score (nSPS) is 13.6. The predicted octanol–water partition coefficient (Wildman–Crippen LogP) is 14.5. The van der Waals surface area contributed by atoms with Crippen LogP contribution in [-0.2, 0) is 20.1 Å². The number of hydrogen-bond donors (Lipinski definition) is 0. The van der Waals surface area contributed by atoms with Gasteiger partial charge in [-0.2, -0.15) is 11.3 Å². The molecule has 0 saturated heterocycles. The van der Waals surface area contributed by atoms with Gasteiger partial charge >= 0.3 is 0 Å². The molecular weight excluding hydrogens is 931 g/mol. The standard InChI is InChI=1S/C38H33N2S.C15H18NSi.Ir/c1-23(2)30-21-27(26-13-7-6-8-14-26)22-31(24(3)4)36(30)40-33-17-11-10-16-32(33)39-38(40)29-20-19-25(5)35-28-15-9-12-18-34(28)41-37(29)35;1-12-5-7-13(8-6-12)15-10-9-14(11-16-15)17(2,3)4;/h6-19,21-24H,1-5H3;5-7,9-11H,1-4H3;/q2*-1;/i5D3;1D3;. The molecule has 3 nitrogen and oxygen atoms in total. The Morgan fingerprint density at radius 2 is 1.44 bits per heavy atom. The number of hydrogen-bond acceptors (Lipinski definition) is 3. The van der Waals surface area contributed by atoms with Crippen molar-refractivity contribution in [3.8, 4) is 39.5 Å². The van der Waals surface area contributed by atoms with Crippen LogP contribution in [0.4, 0.5) is 0 Å². The summed E-state index contributed by atoms with van der Waals surface area (Å²) in [5, 5.41) is 3.03. The minimum Gasteiger partial charge on any atom is -0.333 e. The summed E-state index contributed by atoms with van der Waals surface area (Å²) in [6.45, 7) is 11.5. The first-order valence-corrected chi connectivity index (χ1v) is 24.2. The molecule has 0 aliphatic carbocycles. The van der Waals surface area contributed by atoms with Crippen LogP contribution in [0.15, 0.2) is 134 Å². The molecule has 9 rings (SSSR count). The maximum Gasteiger partial charge on any atom is 0.0795 e. The Kier molecular flexibility index (Phi) is 10.2. The quantitative estimate of drug-likeness (QED) is 0.118. The van der Waals surface area contributed by atoms with Crippen molar-refractivity contribution in [1.29, 1.82) is 0 Å². The Morgan fingerprint density at radius 1 is 0.729 bits per heavy atom. The molecule has 1 radical (unpaired) electrons. The van der Waals surface area contributed by atoms with Crippen LogP contribution in [0.2, 0.25) is 19.6 Å². The number of rotatable bonds is 7. The van der Waals surface area contributed by atoms with Gasteiger partial charge in [0, 0.05) is 44.9 Å². The molecule has 0 bridgehead atoms. The van der Waals surface area contributed by atoms with Gasteiger partial charge in [0.05, 0.1) is 24.9 Å². The second kappa shape index (κ2) is 17.3. The predicted molar refractivity (Wildman–Crippen MR) is 253 cm³/mol. The molecule has 0 aliphatic heterocycles. The van der Waals surface area contributed by atoms with E-state index in [1.165, 1.54) is 33.5 Å². The van der Waals surface area contributed by atoms with E-state index in [2.05, 4.69) is 142 Å². The maximum absolute atomic E-state index is 8.35. The first kappa shape index (κ1) is 34.8. The Balaban J connectivity index is 0.000000253. The zero-order chi connectivity index (χ0) is 45.7. The number of fused-ring (bicyclic) bond motifs is 4. The molecule has 9 aromatic rings. The van der Waals surface area contributed by atoms with Crippen molar-refractivity contribution in [1.82, 2.24) is 14.5 Å². The van der Waals surface area contributed by atoms with Crippen molar-refractivity contribution in [3.63, 3.8) is 0 Å². The van der Waals surface area contributed by atoms with Gasteiger partial charge in [-0.15, -0.1) is 53.1 Å². The van der Waals surface area contributed by atoms with E-state index in [0.29, 0.717) is 11.1 Å². The van der Waals surface area contributed by atoms with Crippen LogP contribution in [0.5, 0.6) is 0 Å². The van der Waals surface area contributed by atoms with Crippen LogP contribution in [0.1, 0.15) is 70.0 Å². The number of pyridine rings is 1. The molecule has 0 saturated carbocycles. The van der Waals surface area contributed by atoms with E-state index in [-0.39, 0.29) is 31.9 Å². The largest absolute Gasteiger partial charge is 0.333 e. The Labute approximate surface area is 377 Å². The maximum atomic E-state index is 8.35. The third-order valence-electron chi connectivity index (χ3n) is 10.7. The SMILES string of the molecule is [2H]C([2H])([2H])c1c[c-]c(-c2ccc([Si](C)(C)C)cn2)cc1.[2H]C([2H])([2H])c1c[c-]c(-c2nc3ccccc3n2-c2c(C(C)C)cc(-c3ccccc3)cc2C(C)C)c2sc3ccccc3c12.[Ir]. The zero-order valence-electron chi connectivity index (χ0n) is 40.4. The number of para-hydroxylation sites is 2. The third-order valence-corrected chi connectivity index (χ3v) is 13.9. The Bertz CT molecular complexity index is 3030. The third kappa shape index (κ3) is 8.42. The number of imidazole rings is 1. The van der Waals surface area contributed by atoms with Gasteiger partial charge in [0.2, 0.25) is 0 Å². The fraction of sp³-hybridized carbons (Fsp3) is 0.208. The van der Waals surface area contributed by atoms with Crippen molar-refractivity contribution < 1.29 is 28.3 Å². The van der Waals surface area contributed by atoms with Crippen molar-refractivity contribution >= 4 is 55.8 Å². The van der Waals surface area contributed by atoms with Crippen LogP contribution in [0.3, 0.4) is 0 Å². The molecule has 0 fully saturated rings. The minimum absolute atomic E-state index is 0. The second-order valence-electron chi connectivity index (χ2n) is 16.5. The minimum atomic E-state index is -2.26. The monoisotopic (exact) mass is 988 g/mol. The molecule has 0 amide bonds. The molecule has 0 atom stereocenters. The van der Waals surface area contributed by atoms with Crippen molar-refractivity contribution in [2.75, 3.05) is 0 Å². The van der Waals surface area contributed by atoms with E-state index >= 15 is 0 Å². The molecule has 6 heteroatoms. The number of nitrogens with zero attached hydrogens (tertiary/aromatic N) is 3. The van der Waals surface area contributed by atoms with E-state index in [1.54, 1.807) is 29.5 Å². The molecule has 3 heterocycles. The van der Waals surface area contributed by atoms with Gasteiger partial charge < -0.3 is 9.55 Å². The summed E-state index contributed by atoms with van der Waals surface area (Å²) >= 11 is 1.61. The molecule has 0 aliphatic rings. The first-order valence-electron chi connectivity index (χ1n) is 22.9.